The molecule has 7 heteroatoms. The number of amides is 1. The van der Waals surface area contributed by atoms with E-state index in [1.807, 2.05) is 6.07 Å². The highest BCUT2D eigenvalue weighted by molar-refractivity contribution is 7.19. The number of fused-ring (bicyclic) bond motifs is 3. The lowest BCUT2D eigenvalue weighted by molar-refractivity contribution is -0.119. The maximum Gasteiger partial charge on any atom is 0.239 e. The molecule has 1 aliphatic carbocycles. The van der Waals surface area contributed by atoms with Crippen LogP contribution < -0.4 is 10.6 Å². The van der Waals surface area contributed by atoms with Gasteiger partial charge in [-0.1, -0.05) is 6.92 Å². The maximum absolute atomic E-state index is 12.1. The van der Waals surface area contributed by atoms with Crippen molar-refractivity contribution in [3.63, 3.8) is 0 Å². The van der Waals surface area contributed by atoms with E-state index in [1.54, 1.807) is 30.0 Å². The van der Waals surface area contributed by atoms with E-state index < -0.39 is 0 Å². The van der Waals surface area contributed by atoms with Gasteiger partial charge in [-0.15, -0.1) is 11.3 Å². The van der Waals surface area contributed by atoms with Gasteiger partial charge in [-0.2, -0.15) is 0 Å². The van der Waals surface area contributed by atoms with E-state index in [-0.39, 0.29) is 12.5 Å². The van der Waals surface area contributed by atoms with Crippen LogP contribution in [0.5, 0.6) is 0 Å². The standard InChI is InChI=1S/C18H20N4O2S/c1-11-4-5-13-14(7-11)25-18-16(13)17(21-10-22-18)20-9-15(23)19-8-12-3-2-6-24-12/h2-3,6,10-11H,4-5,7-9H2,1H3,(H,19,23)(H,20,21,22)/t11-/m1/s1. The van der Waals surface area contributed by atoms with Gasteiger partial charge >= 0.3 is 0 Å². The molecule has 4 rings (SSSR count). The second-order valence-corrected chi connectivity index (χ2v) is 7.55. The molecule has 0 saturated carbocycles. The first-order chi connectivity index (χ1) is 12.2. The molecule has 25 heavy (non-hydrogen) atoms. The number of aromatic nitrogens is 2. The third-order valence-electron chi connectivity index (χ3n) is 4.55. The number of nitrogens with zero attached hydrogens (tertiary/aromatic N) is 2. The van der Waals surface area contributed by atoms with Crippen LogP contribution in [0.15, 0.2) is 29.1 Å². The Hall–Kier alpha value is -2.41. The third-order valence-corrected chi connectivity index (χ3v) is 5.71. The van der Waals surface area contributed by atoms with Crippen molar-refractivity contribution in [3.05, 3.63) is 40.9 Å². The van der Waals surface area contributed by atoms with E-state index in [2.05, 4.69) is 27.5 Å². The SMILES string of the molecule is C[C@@H]1CCc2c(sc3ncnc(NCC(=O)NCc4ccco4)c23)C1. The minimum Gasteiger partial charge on any atom is -0.467 e. The number of aryl methyl sites for hydroxylation is 1. The number of anilines is 1. The van der Waals surface area contributed by atoms with Gasteiger partial charge in [-0.3, -0.25) is 4.79 Å². The molecule has 130 valence electrons. The number of thiophene rings is 1. The molecule has 6 nitrogen and oxygen atoms in total. The predicted octanol–water partition coefficient (Wildman–Crippen LogP) is 3.14. The van der Waals surface area contributed by atoms with Crippen molar-refractivity contribution in [2.45, 2.75) is 32.7 Å². The Morgan fingerprint density at radius 3 is 3.20 bits per heavy atom. The molecule has 0 saturated heterocycles. The summed E-state index contributed by atoms with van der Waals surface area (Å²) in [5.74, 6) is 2.11. The largest absolute Gasteiger partial charge is 0.467 e. The van der Waals surface area contributed by atoms with E-state index in [4.69, 9.17) is 4.42 Å². The summed E-state index contributed by atoms with van der Waals surface area (Å²) in [6.45, 7) is 2.85. The average Bonchev–Trinajstić information content (AvgIpc) is 3.24. The molecule has 3 aromatic rings. The molecule has 0 bridgehead atoms. The lowest BCUT2D eigenvalue weighted by atomic mass is 9.89. The monoisotopic (exact) mass is 356 g/mol. The molecule has 3 aromatic heterocycles. The average molecular weight is 356 g/mol. The Labute approximate surface area is 149 Å². The van der Waals surface area contributed by atoms with Gasteiger partial charge in [0.15, 0.2) is 0 Å². The van der Waals surface area contributed by atoms with Gasteiger partial charge in [0, 0.05) is 4.88 Å². The van der Waals surface area contributed by atoms with Gasteiger partial charge in [0.05, 0.1) is 24.7 Å². The van der Waals surface area contributed by atoms with E-state index in [9.17, 15) is 4.79 Å². The van der Waals surface area contributed by atoms with Gasteiger partial charge < -0.3 is 15.1 Å². The maximum atomic E-state index is 12.1. The van der Waals surface area contributed by atoms with Crippen LogP contribution in [0.25, 0.3) is 10.2 Å². The highest BCUT2D eigenvalue weighted by atomic mass is 32.1. The first-order valence-corrected chi connectivity index (χ1v) is 9.30. The lowest BCUT2D eigenvalue weighted by Crippen LogP contribution is -2.29. The molecule has 0 spiro atoms. The zero-order valence-corrected chi connectivity index (χ0v) is 14.9. The van der Waals surface area contributed by atoms with Crippen LogP contribution in [0.1, 0.15) is 29.5 Å². The highest BCUT2D eigenvalue weighted by Crippen LogP contribution is 2.39. The Morgan fingerprint density at radius 2 is 2.36 bits per heavy atom. The molecule has 3 heterocycles. The van der Waals surface area contributed by atoms with Gasteiger partial charge in [0.1, 0.15) is 22.7 Å². The van der Waals surface area contributed by atoms with Crippen molar-refractivity contribution in [2.75, 3.05) is 11.9 Å². The summed E-state index contributed by atoms with van der Waals surface area (Å²) >= 11 is 1.76. The van der Waals surface area contributed by atoms with E-state index in [1.165, 1.54) is 16.9 Å². The quantitative estimate of drug-likeness (QED) is 0.734. The first-order valence-electron chi connectivity index (χ1n) is 8.49. The molecule has 0 aromatic carbocycles. The van der Waals surface area contributed by atoms with Gasteiger partial charge in [-0.05, 0) is 42.9 Å². The Balaban J connectivity index is 1.47. The van der Waals surface area contributed by atoms with E-state index >= 15 is 0 Å². The second-order valence-electron chi connectivity index (χ2n) is 6.46. The molecule has 0 fully saturated rings. The van der Waals surface area contributed by atoms with Gasteiger partial charge in [-0.25, -0.2) is 9.97 Å². The number of rotatable bonds is 5. The summed E-state index contributed by atoms with van der Waals surface area (Å²) in [4.78, 5) is 23.3. The van der Waals surface area contributed by atoms with Crippen molar-refractivity contribution >= 4 is 33.3 Å². The summed E-state index contributed by atoms with van der Waals surface area (Å²) in [7, 11) is 0. The van der Waals surface area contributed by atoms with Crippen LogP contribution in [0, 0.1) is 5.92 Å². The van der Waals surface area contributed by atoms with Gasteiger partial charge in [0.25, 0.3) is 0 Å². The molecule has 0 unspecified atom stereocenters. The zero-order valence-electron chi connectivity index (χ0n) is 14.0. The first kappa shape index (κ1) is 16.1. The smallest absolute Gasteiger partial charge is 0.239 e. The van der Waals surface area contributed by atoms with Crippen molar-refractivity contribution in [1.82, 2.24) is 15.3 Å². The Bertz CT molecular complexity index is 888. The summed E-state index contributed by atoms with van der Waals surface area (Å²) in [5, 5.41) is 7.10. The normalized spacial score (nSPS) is 16.6. The fourth-order valence-corrected chi connectivity index (χ4v) is 4.58. The molecule has 0 aliphatic heterocycles. The number of furan rings is 1. The Kier molecular flexibility index (Phi) is 4.40. The third kappa shape index (κ3) is 3.37. The van der Waals surface area contributed by atoms with Crippen molar-refractivity contribution in [2.24, 2.45) is 5.92 Å². The van der Waals surface area contributed by atoms with Crippen LogP contribution in [0.4, 0.5) is 5.82 Å². The molecule has 1 aliphatic rings. The van der Waals surface area contributed by atoms with E-state index in [0.29, 0.717) is 6.54 Å². The minimum atomic E-state index is -0.0964. The molecular formula is C18H20N4O2S. The zero-order chi connectivity index (χ0) is 17.2. The number of carbonyl (C=O) groups excluding carboxylic acids is 1. The minimum absolute atomic E-state index is 0.0964. The van der Waals surface area contributed by atoms with Crippen molar-refractivity contribution in [3.8, 4) is 0 Å². The Morgan fingerprint density at radius 1 is 1.44 bits per heavy atom. The van der Waals surface area contributed by atoms with E-state index in [0.717, 1.165) is 40.6 Å². The van der Waals surface area contributed by atoms with Gasteiger partial charge in [0.2, 0.25) is 5.91 Å². The topological polar surface area (TPSA) is 80.0 Å². The van der Waals surface area contributed by atoms with Crippen LogP contribution >= 0.6 is 11.3 Å². The summed E-state index contributed by atoms with van der Waals surface area (Å²) in [5.41, 5.74) is 1.36. The summed E-state index contributed by atoms with van der Waals surface area (Å²) < 4.78 is 5.21. The number of nitrogens with one attached hydrogen (secondary N) is 2. The fraction of sp³-hybridized carbons (Fsp3) is 0.389. The second kappa shape index (κ2) is 6.84. The number of hydrogen-bond acceptors (Lipinski definition) is 6. The molecule has 0 radical (unpaired) electrons. The molecule has 2 N–H and O–H groups in total. The highest BCUT2D eigenvalue weighted by Gasteiger charge is 2.23. The molecule has 1 atom stereocenters. The fourth-order valence-electron chi connectivity index (χ4n) is 3.23. The number of carbonyl (C=O) groups is 1. The summed E-state index contributed by atoms with van der Waals surface area (Å²) in [6.07, 6.45) is 6.52. The van der Waals surface area contributed by atoms with Crippen LogP contribution in [0.2, 0.25) is 0 Å². The van der Waals surface area contributed by atoms with Crippen LogP contribution in [-0.2, 0) is 24.2 Å². The molecule has 1 amide bonds. The summed E-state index contributed by atoms with van der Waals surface area (Å²) in [6, 6.07) is 3.64. The number of hydrogen-bond donors (Lipinski definition) is 2. The van der Waals surface area contributed by atoms with Crippen LogP contribution in [-0.4, -0.2) is 22.4 Å². The van der Waals surface area contributed by atoms with Crippen LogP contribution in [0.3, 0.4) is 0 Å². The van der Waals surface area contributed by atoms with Crippen molar-refractivity contribution in [1.29, 1.82) is 0 Å². The molecular weight excluding hydrogens is 336 g/mol. The predicted molar refractivity (Wildman–Crippen MR) is 97.6 cm³/mol. The van der Waals surface area contributed by atoms with Crippen molar-refractivity contribution < 1.29 is 9.21 Å². The lowest BCUT2D eigenvalue weighted by Gasteiger charge is -2.18.